The third-order valence-electron chi connectivity index (χ3n) is 5.50. The second-order valence-electron chi connectivity index (χ2n) is 7.46. The minimum atomic E-state index is -0.0887. The number of fused-ring (bicyclic) bond motifs is 3. The normalized spacial score (nSPS) is 16.7. The fourth-order valence-corrected chi connectivity index (χ4v) is 4.18. The Labute approximate surface area is 177 Å². The summed E-state index contributed by atoms with van der Waals surface area (Å²) in [7, 11) is 1.63. The Morgan fingerprint density at radius 1 is 1.27 bits per heavy atom. The van der Waals surface area contributed by atoms with E-state index in [9.17, 15) is 4.79 Å². The Morgan fingerprint density at radius 3 is 2.83 bits per heavy atom. The molecule has 0 bridgehead atoms. The van der Waals surface area contributed by atoms with Crippen LogP contribution < -0.4 is 5.56 Å². The molecule has 4 heterocycles. The van der Waals surface area contributed by atoms with Crippen LogP contribution in [0.5, 0.6) is 0 Å². The summed E-state index contributed by atoms with van der Waals surface area (Å²) in [5.41, 5.74) is 3.87. The SMILES string of the molecule is COCc1nn2c(ncc3c(=O)n(C[C@H]4CCCO4)ccc32)c1-c1ccc(Cl)cc1. The average Bonchev–Trinajstić information content (AvgIpc) is 3.39. The van der Waals surface area contributed by atoms with Gasteiger partial charge in [0.15, 0.2) is 5.65 Å². The quantitative estimate of drug-likeness (QED) is 0.488. The van der Waals surface area contributed by atoms with E-state index in [4.69, 9.17) is 26.2 Å². The first kappa shape index (κ1) is 19.2. The van der Waals surface area contributed by atoms with E-state index in [1.807, 2.05) is 36.5 Å². The van der Waals surface area contributed by atoms with E-state index in [1.54, 1.807) is 22.4 Å². The van der Waals surface area contributed by atoms with Gasteiger partial charge in [0.2, 0.25) is 0 Å². The molecule has 3 aromatic heterocycles. The van der Waals surface area contributed by atoms with Crippen molar-refractivity contribution in [1.29, 1.82) is 0 Å². The molecule has 0 saturated carbocycles. The van der Waals surface area contributed by atoms with Crippen LogP contribution in [0.2, 0.25) is 5.02 Å². The first-order valence-corrected chi connectivity index (χ1v) is 10.3. The number of aromatic nitrogens is 4. The number of nitrogens with zero attached hydrogens (tertiary/aromatic N) is 4. The van der Waals surface area contributed by atoms with Crippen LogP contribution in [-0.2, 0) is 22.6 Å². The fraction of sp³-hybridized carbons (Fsp3) is 0.318. The summed E-state index contributed by atoms with van der Waals surface area (Å²) in [6, 6.07) is 9.45. The first-order chi connectivity index (χ1) is 14.7. The molecule has 1 fully saturated rings. The summed E-state index contributed by atoms with van der Waals surface area (Å²) in [5, 5.41) is 5.91. The lowest BCUT2D eigenvalue weighted by Gasteiger charge is -2.12. The largest absolute Gasteiger partial charge is 0.378 e. The lowest BCUT2D eigenvalue weighted by molar-refractivity contribution is 0.0963. The standard InChI is InChI=1S/C22H21ClN4O3/c1-29-13-18-20(14-4-6-15(23)7-5-14)21-24-11-17-19(27(21)25-18)8-9-26(22(17)28)12-16-3-2-10-30-16/h4-9,11,16H,2-3,10,12-13H2,1H3/t16-/m1/s1. The first-order valence-electron chi connectivity index (χ1n) is 9.92. The lowest BCUT2D eigenvalue weighted by Crippen LogP contribution is -2.26. The predicted octanol–water partition coefficient (Wildman–Crippen LogP) is 3.69. The van der Waals surface area contributed by atoms with Gasteiger partial charge in [-0.1, -0.05) is 23.7 Å². The zero-order chi connectivity index (χ0) is 20.7. The van der Waals surface area contributed by atoms with Crippen molar-refractivity contribution in [3.63, 3.8) is 0 Å². The van der Waals surface area contributed by atoms with E-state index in [0.29, 0.717) is 34.7 Å². The Bertz CT molecular complexity index is 1270. The van der Waals surface area contributed by atoms with Crippen LogP contribution in [0.25, 0.3) is 27.7 Å². The topological polar surface area (TPSA) is 70.7 Å². The number of halogens is 1. The number of hydrogen-bond acceptors (Lipinski definition) is 5. The zero-order valence-corrected chi connectivity index (χ0v) is 17.3. The maximum absolute atomic E-state index is 13.1. The van der Waals surface area contributed by atoms with Gasteiger partial charge in [0.05, 0.1) is 41.4 Å². The van der Waals surface area contributed by atoms with E-state index in [2.05, 4.69) is 4.98 Å². The second-order valence-corrected chi connectivity index (χ2v) is 7.90. The van der Waals surface area contributed by atoms with Gasteiger partial charge >= 0.3 is 0 Å². The highest BCUT2D eigenvalue weighted by molar-refractivity contribution is 6.30. The molecule has 7 nitrogen and oxygen atoms in total. The minimum Gasteiger partial charge on any atom is -0.378 e. The van der Waals surface area contributed by atoms with Crippen molar-refractivity contribution in [2.75, 3.05) is 13.7 Å². The average molecular weight is 425 g/mol. The molecule has 8 heteroatoms. The van der Waals surface area contributed by atoms with E-state index in [1.165, 1.54) is 0 Å². The molecule has 1 aliphatic heterocycles. The Kier molecular flexibility index (Phi) is 5.02. The van der Waals surface area contributed by atoms with Crippen LogP contribution in [0.15, 0.2) is 47.5 Å². The van der Waals surface area contributed by atoms with Crippen LogP contribution in [0.3, 0.4) is 0 Å². The van der Waals surface area contributed by atoms with Crippen molar-refractivity contribution >= 4 is 28.2 Å². The van der Waals surface area contributed by atoms with E-state index >= 15 is 0 Å². The molecule has 0 spiro atoms. The predicted molar refractivity (Wildman–Crippen MR) is 115 cm³/mol. The molecule has 1 saturated heterocycles. The number of benzene rings is 1. The smallest absolute Gasteiger partial charge is 0.261 e. The third kappa shape index (κ3) is 3.29. The van der Waals surface area contributed by atoms with Gasteiger partial charge in [-0.2, -0.15) is 5.10 Å². The number of rotatable bonds is 5. The Morgan fingerprint density at radius 2 is 2.10 bits per heavy atom. The van der Waals surface area contributed by atoms with Crippen molar-refractivity contribution in [2.24, 2.45) is 0 Å². The summed E-state index contributed by atoms with van der Waals surface area (Å²) < 4.78 is 14.5. The molecule has 0 radical (unpaired) electrons. The highest BCUT2D eigenvalue weighted by Crippen LogP contribution is 2.30. The van der Waals surface area contributed by atoms with Crippen molar-refractivity contribution in [3.05, 3.63) is 63.8 Å². The van der Waals surface area contributed by atoms with Crippen LogP contribution in [0.4, 0.5) is 0 Å². The van der Waals surface area contributed by atoms with Gasteiger partial charge in [0, 0.05) is 31.1 Å². The molecule has 4 aromatic rings. The van der Waals surface area contributed by atoms with Gasteiger partial charge in [-0.15, -0.1) is 0 Å². The molecular formula is C22H21ClN4O3. The Balaban J connectivity index is 1.68. The summed E-state index contributed by atoms with van der Waals surface area (Å²) in [4.78, 5) is 17.7. The van der Waals surface area contributed by atoms with E-state index < -0.39 is 0 Å². The number of pyridine rings is 1. The maximum Gasteiger partial charge on any atom is 0.261 e. The summed E-state index contributed by atoms with van der Waals surface area (Å²) >= 11 is 6.06. The van der Waals surface area contributed by atoms with E-state index in [-0.39, 0.29) is 11.7 Å². The monoisotopic (exact) mass is 424 g/mol. The number of hydrogen-bond donors (Lipinski definition) is 0. The second kappa shape index (κ2) is 7.83. The number of ether oxygens (including phenoxy) is 2. The molecule has 154 valence electrons. The molecule has 1 atom stereocenters. The summed E-state index contributed by atoms with van der Waals surface area (Å²) in [5.74, 6) is 0. The highest BCUT2D eigenvalue weighted by Gasteiger charge is 2.20. The molecule has 1 aliphatic rings. The van der Waals surface area contributed by atoms with Crippen molar-refractivity contribution < 1.29 is 9.47 Å². The van der Waals surface area contributed by atoms with Gasteiger partial charge in [-0.3, -0.25) is 4.79 Å². The molecule has 30 heavy (non-hydrogen) atoms. The van der Waals surface area contributed by atoms with Crippen LogP contribution >= 0.6 is 11.6 Å². The molecular weight excluding hydrogens is 404 g/mol. The molecule has 0 N–H and O–H groups in total. The minimum absolute atomic E-state index is 0.0887. The molecule has 5 rings (SSSR count). The van der Waals surface area contributed by atoms with Crippen LogP contribution in [0, 0.1) is 0 Å². The Hall–Kier alpha value is -2.74. The summed E-state index contributed by atoms with van der Waals surface area (Å²) in [6.45, 7) is 1.65. The van der Waals surface area contributed by atoms with Gasteiger partial charge in [0.1, 0.15) is 0 Å². The number of methoxy groups -OCH3 is 1. The third-order valence-corrected chi connectivity index (χ3v) is 5.75. The van der Waals surface area contributed by atoms with Crippen molar-refractivity contribution in [2.45, 2.75) is 32.1 Å². The van der Waals surface area contributed by atoms with Crippen molar-refractivity contribution in [1.82, 2.24) is 19.2 Å². The fourth-order valence-electron chi connectivity index (χ4n) is 4.06. The van der Waals surface area contributed by atoms with Gasteiger partial charge in [-0.05, 0) is 36.6 Å². The lowest BCUT2D eigenvalue weighted by atomic mass is 10.1. The molecule has 1 aromatic carbocycles. The van der Waals surface area contributed by atoms with Crippen LogP contribution in [-0.4, -0.2) is 39.0 Å². The van der Waals surface area contributed by atoms with Crippen molar-refractivity contribution in [3.8, 4) is 11.1 Å². The van der Waals surface area contributed by atoms with Crippen LogP contribution in [0.1, 0.15) is 18.5 Å². The molecule has 0 aliphatic carbocycles. The molecule has 0 unspecified atom stereocenters. The summed E-state index contributed by atoms with van der Waals surface area (Å²) in [6.07, 6.45) is 5.55. The van der Waals surface area contributed by atoms with Gasteiger partial charge < -0.3 is 14.0 Å². The highest BCUT2D eigenvalue weighted by atomic mass is 35.5. The maximum atomic E-state index is 13.1. The van der Waals surface area contributed by atoms with Gasteiger partial charge in [-0.25, -0.2) is 9.50 Å². The van der Waals surface area contributed by atoms with Gasteiger partial charge in [0.25, 0.3) is 5.56 Å². The van der Waals surface area contributed by atoms with E-state index in [0.717, 1.165) is 36.3 Å². The molecule has 0 amide bonds. The zero-order valence-electron chi connectivity index (χ0n) is 16.5.